The normalized spacial score (nSPS) is 20.5. The van der Waals surface area contributed by atoms with Crippen LogP contribution in [0.2, 0.25) is 5.02 Å². The van der Waals surface area contributed by atoms with Gasteiger partial charge in [0, 0.05) is 50.9 Å². The van der Waals surface area contributed by atoms with Crippen LogP contribution >= 0.6 is 11.6 Å². The lowest BCUT2D eigenvalue weighted by atomic mass is 10.0. The second-order valence-electron chi connectivity index (χ2n) is 12.6. The predicted octanol–water partition coefficient (Wildman–Crippen LogP) is 3.06. The molecule has 15 heteroatoms. The summed E-state index contributed by atoms with van der Waals surface area (Å²) in [5.41, 5.74) is -0.439. The highest BCUT2D eigenvalue weighted by Crippen LogP contribution is 2.33. The average Bonchev–Trinajstić information content (AvgIpc) is 3.51. The van der Waals surface area contributed by atoms with E-state index in [1.165, 1.54) is 48.1 Å². The molecule has 0 saturated carbocycles. The maximum atomic E-state index is 14.8. The van der Waals surface area contributed by atoms with Crippen LogP contribution < -0.4 is 10.1 Å². The summed E-state index contributed by atoms with van der Waals surface area (Å²) in [7, 11) is 5.34. The zero-order valence-corrected chi connectivity index (χ0v) is 27.1. The minimum Gasteiger partial charge on any atom is -0.476 e. The maximum Gasteiger partial charge on any atom is 0.291 e. The van der Waals surface area contributed by atoms with Gasteiger partial charge in [-0.2, -0.15) is 9.65 Å². The Morgan fingerprint density at radius 2 is 1.83 bits per heavy atom. The summed E-state index contributed by atoms with van der Waals surface area (Å²) in [4.78, 5) is 47.1. The van der Waals surface area contributed by atoms with Crippen LogP contribution in [0.3, 0.4) is 0 Å². The highest BCUT2D eigenvalue weighted by atomic mass is 35.5. The van der Waals surface area contributed by atoms with Crippen LogP contribution in [0.5, 0.6) is 5.75 Å². The van der Waals surface area contributed by atoms with Crippen molar-refractivity contribution in [3.05, 3.63) is 64.6 Å². The van der Waals surface area contributed by atoms with E-state index >= 15 is 0 Å². The Hall–Kier alpha value is -4.58. The van der Waals surface area contributed by atoms with Gasteiger partial charge in [0.05, 0.1) is 36.6 Å². The molecular weight excluding hydrogens is 636 g/mol. The van der Waals surface area contributed by atoms with Crippen molar-refractivity contribution in [2.75, 3.05) is 58.7 Å². The zero-order valence-electron chi connectivity index (χ0n) is 26.4. The number of piperazine rings is 1. The van der Waals surface area contributed by atoms with Crippen LogP contribution in [-0.2, 0) is 11.8 Å². The second kappa shape index (κ2) is 12.9. The van der Waals surface area contributed by atoms with E-state index in [0.717, 1.165) is 0 Å². The Morgan fingerprint density at radius 3 is 2.45 bits per heavy atom. The van der Waals surface area contributed by atoms with Gasteiger partial charge in [-0.3, -0.25) is 14.4 Å². The molecule has 12 nitrogen and oxygen atoms in total. The Labute approximate surface area is 275 Å². The fraction of sp³-hybridized carbons (Fsp3) is 0.406. The molecule has 2 aromatic carbocycles. The molecule has 0 unspecified atom stereocenters. The van der Waals surface area contributed by atoms with Crippen molar-refractivity contribution in [1.82, 2.24) is 19.4 Å². The molecule has 2 fully saturated rings. The average molecular weight is 671 g/mol. The highest BCUT2D eigenvalue weighted by molar-refractivity contribution is 6.34. The number of quaternary nitrogens is 1. The standard InChI is InChI=1S/C32H34ClF2N7O5/c1-32(46)16-24(42(3,4)18-32)31(45)41-12-10-40(11-13-41)30(44)20-6-5-19(15-22(20)33)38-29(43)28-37-17-23(39(28)2)21-7-8-25(47-14-9-36)27(35)26(21)34/h5-8,15,17,24,46H,10-14,16,18H2,1-4H3/p+1/t24-,32-/m0/s1. The number of aliphatic hydroxyl groups is 1. The van der Waals surface area contributed by atoms with Crippen molar-refractivity contribution in [3.63, 3.8) is 0 Å². The lowest BCUT2D eigenvalue weighted by Crippen LogP contribution is -2.58. The Kier molecular flexibility index (Phi) is 9.27. The second-order valence-corrected chi connectivity index (χ2v) is 13.0. The lowest BCUT2D eigenvalue weighted by molar-refractivity contribution is -0.896. The number of likely N-dealkylation sites (N-methyl/N-ethyl adjacent to an activating group) is 1. The molecular formula is C32H35ClF2N7O5+. The summed E-state index contributed by atoms with van der Waals surface area (Å²) in [5, 5.41) is 21.9. The molecule has 2 atom stereocenters. The molecule has 3 amide bonds. The molecule has 2 saturated heterocycles. The van der Waals surface area contributed by atoms with E-state index in [1.54, 1.807) is 22.8 Å². The van der Waals surface area contributed by atoms with Gasteiger partial charge in [0.25, 0.3) is 17.7 Å². The number of likely N-dealkylation sites (tertiary alicyclic amines) is 1. The molecule has 3 aromatic rings. The van der Waals surface area contributed by atoms with Gasteiger partial charge in [-0.05, 0) is 37.3 Å². The Bertz CT molecular complexity index is 1780. The molecule has 0 spiro atoms. The molecule has 5 rings (SSSR count). The van der Waals surface area contributed by atoms with Crippen molar-refractivity contribution < 1.29 is 37.5 Å². The van der Waals surface area contributed by atoms with Gasteiger partial charge in [-0.25, -0.2) is 9.37 Å². The van der Waals surface area contributed by atoms with Crippen molar-refractivity contribution in [2.24, 2.45) is 7.05 Å². The van der Waals surface area contributed by atoms with E-state index in [0.29, 0.717) is 43.6 Å². The highest BCUT2D eigenvalue weighted by Gasteiger charge is 2.52. The number of amides is 3. The molecule has 248 valence electrons. The molecule has 3 heterocycles. The van der Waals surface area contributed by atoms with E-state index in [-0.39, 0.29) is 51.2 Å². The fourth-order valence-corrected chi connectivity index (χ4v) is 6.65. The number of halogens is 3. The van der Waals surface area contributed by atoms with E-state index in [2.05, 4.69) is 10.3 Å². The number of rotatable bonds is 7. The molecule has 2 aliphatic heterocycles. The number of ether oxygens (including phenoxy) is 1. The van der Waals surface area contributed by atoms with Crippen molar-refractivity contribution in [2.45, 2.75) is 25.0 Å². The number of nitrogens with zero attached hydrogens (tertiary/aromatic N) is 6. The number of hydrogen-bond acceptors (Lipinski definition) is 7. The number of carbonyl (C=O) groups is 3. The number of hydrogen-bond donors (Lipinski definition) is 2. The first-order valence-electron chi connectivity index (χ1n) is 14.9. The summed E-state index contributed by atoms with van der Waals surface area (Å²) in [6.07, 6.45) is 1.60. The summed E-state index contributed by atoms with van der Waals surface area (Å²) in [6, 6.07) is 8.22. The Morgan fingerprint density at radius 1 is 1.15 bits per heavy atom. The number of benzene rings is 2. The third-order valence-electron chi connectivity index (χ3n) is 8.65. The van der Waals surface area contributed by atoms with Gasteiger partial charge in [-0.1, -0.05) is 11.6 Å². The topological polar surface area (TPSA) is 141 Å². The van der Waals surface area contributed by atoms with Crippen molar-refractivity contribution in [3.8, 4) is 23.1 Å². The van der Waals surface area contributed by atoms with Crippen LogP contribution in [-0.4, -0.2) is 112 Å². The fourth-order valence-electron chi connectivity index (χ4n) is 6.39. The van der Waals surface area contributed by atoms with E-state index in [4.69, 9.17) is 21.6 Å². The minimum absolute atomic E-state index is 0.0327. The van der Waals surface area contributed by atoms with E-state index in [9.17, 15) is 28.3 Å². The van der Waals surface area contributed by atoms with Crippen LogP contribution in [0.1, 0.15) is 34.3 Å². The third kappa shape index (κ3) is 6.78. The number of anilines is 1. The summed E-state index contributed by atoms with van der Waals surface area (Å²) >= 11 is 6.47. The zero-order chi connectivity index (χ0) is 34.3. The van der Waals surface area contributed by atoms with Crippen molar-refractivity contribution >= 4 is 35.0 Å². The number of aromatic nitrogens is 2. The number of nitriles is 1. The smallest absolute Gasteiger partial charge is 0.291 e. The SMILES string of the molecule is Cn1c(-c2ccc(OCC#N)c(F)c2F)cnc1C(=O)Nc1ccc(C(=O)N2CCN(C(=O)[C@@H]3C[C@](C)(O)C[N+]3(C)C)CC2)c(Cl)c1. The maximum absolute atomic E-state index is 14.8. The van der Waals surface area contributed by atoms with Crippen LogP contribution in [0, 0.1) is 23.0 Å². The molecule has 1 aromatic heterocycles. The number of carbonyl (C=O) groups excluding carboxylic acids is 3. The number of nitrogens with one attached hydrogen (secondary N) is 1. The van der Waals surface area contributed by atoms with Gasteiger partial charge < -0.3 is 34.0 Å². The molecule has 47 heavy (non-hydrogen) atoms. The molecule has 2 N–H and O–H groups in total. The van der Waals surface area contributed by atoms with Gasteiger partial charge in [0.1, 0.15) is 18.2 Å². The van der Waals surface area contributed by atoms with Crippen molar-refractivity contribution in [1.29, 1.82) is 5.26 Å². The lowest BCUT2D eigenvalue weighted by Gasteiger charge is -2.38. The summed E-state index contributed by atoms with van der Waals surface area (Å²) < 4.78 is 35.9. The third-order valence-corrected chi connectivity index (χ3v) is 8.96. The first-order valence-corrected chi connectivity index (χ1v) is 15.2. The first-order chi connectivity index (χ1) is 22.1. The van der Waals surface area contributed by atoms with Crippen LogP contribution in [0.15, 0.2) is 36.5 Å². The molecule has 2 aliphatic rings. The summed E-state index contributed by atoms with van der Waals surface area (Å²) in [5.74, 6) is -4.01. The van der Waals surface area contributed by atoms with E-state index < -0.39 is 35.5 Å². The molecule has 0 aliphatic carbocycles. The molecule has 0 radical (unpaired) electrons. The Balaban J connectivity index is 1.22. The largest absolute Gasteiger partial charge is 0.476 e. The van der Waals surface area contributed by atoms with Gasteiger partial charge in [0.15, 0.2) is 30.0 Å². The first kappa shape index (κ1) is 33.8. The quantitative estimate of drug-likeness (QED) is 0.368. The molecule has 0 bridgehead atoms. The predicted molar refractivity (Wildman–Crippen MR) is 168 cm³/mol. The van der Waals surface area contributed by atoms with Gasteiger partial charge in [-0.15, -0.1) is 0 Å². The van der Waals surface area contributed by atoms with Gasteiger partial charge in [0.2, 0.25) is 5.82 Å². The van der Waals surface area contributed by atoms with Crippen LogP contribution in [0.25, 0.3) is 11.3 Å². The minimum atomic E-state index is -1.27. The monoisotopic (exact) mass is 670 g/mol. The van der Waals surface area contributed by atoms with Gasteiger partial charge >= 0.3 is 0 Å². The number of imidazole rings is 1. The van der Waals surface area contributed by atoms with Crippen LogP contribution in [0.4, 0.5) is 14.5 Å². The van der Waals surface area contributed by atoms with E-state index in [1.807, 2.05) is 14.1 Å². The summed E-state index contributed by atoms with van der Waals surface area (Å²) in [6.45, 7) is 3.13.